The highest BCUT2D eigenvalue weighted by molar-refractivity contribution is 7.89. The first-order valence-electron chi connectivity index (χ1n) is 8.25. The van der Waals surface area contributed by atoms with E-state index < -0.39 is 16.1 Å². The number of sulfonamides is 1. The Morgan fingerprint density at radius 1 is 1.16 bits per heavy atom. The van der Waals surface area contributed by atoms with Gasteiger partial charge in [-0.3, -0.25) is 4.79 Å². The van der Waals surface area contributed by atoms with Crippen LogP contribution in [0.15, 0.2) is 52.0 Å². The molecule has 1 amide bonds. The number of hydrogen-bond acceptors (Lipinski definition) is 4. The zero-order valence-corrected chi connectivity index (χ0v) is 15.5. The number of carbonyl (C=O) groups excluding carboxylic acids is 1. The summed E-state index contributed by atoms with van der Waals surface area (Å²) >= 11 is 0. The monoisotopic (exact) mass is 364 g/mol. The third kappa shape index (κ3) is 5.17. The van der Waals surface area contributed by atoms with Crippen LogP contribution in [0.5, 0.6) is 0 Å². The van der Waals surface area contributed by atoms with Crippen LogP contribution in [0.4, 0.5) is 0 Å². The number of hydrogen-bond donors (Lipinski definition) is 2. The third-order valence-corrected chi connectivity index (χ3v) is 5.35. The van der Waals surface area contributed by atoms with Crippen molar-refractivity contribution in [3.8, 4) is 0 Å². The molecule has 0 saturated carbocycles. The van der Waals surface area contributed by atoms with Gasteiger partial charge in [0, 0.05) is 0 Å². The summed E-state index contributed by atoms with van der Waals surface area (Å²) in [6.07, 6.45) is 2.35. The average Bonchev–Trinajstić information content (AvgIpc) is 3.11. The molecule has 0 saturated heterocycles. The summed E-state index contributed by atoms with van der Waals surface area (Å²) in [6.45, 7) is 5.79. The van der Waals surface area contributed by atoms with E-state index >= 15 is 0 Å². The van der Waals surface area contributed by atoms with Crippen molar-refractivity contribution in [2.75, 3.05) is 0 Å². The highest BCUT2D eigenvalue weighted by Gasteiger charge is 2.28. The van der Waals surface area contributed by atoms with Crippen molar-refractivity contribution in [2.45, 2.75) is 44.7 Å². The molecule has 6 nitrogen and oxygen atoms in total. The zero-order chi connectivity index (χ0) is 18.4. The molecule has 1 aromatic carbocycles. The van der Waals surface area contributed by atoms with Gasteiger partial charge in [0.15, 0.2) is 0 Å². The maximum Gasteiger partial charge on any atom is 0.241 e. The maximum absolute atomic E-state index is 12.6. The number of furan rings is 1. The summed E-state index contributed by atoms with van der Waals surface area (Å²) in [5, 5.41) is 2.70. The van der Waals surface area contributed by atoms with Gasteiger partial charge in [0.2, 0.25) is 15.9 Å². The van der Waals surface area contributed by atoms with Gasteiger partial charge in [-0.25, -0.2) is 8.42 Å². The summed E-state index contributed by atoms with van der Waals surface area (Å²) < 4.78 is 32.8. The smallest absolute Gasteiger partial charge is 0.241 e. The first-order valence-corrected chi connectivity index (χ1v) is 9.73. The number of carbonyl (C=O) groups is 1. The largest absolute Gasteiger partial charge is 0.467 e. The topological polar surface area (TPSA) is 88.4 Å². The lowest BCUT2D eigenvalue weighted by Crippen LogP contribution is -2.49. The molecule has 7 heteroatoms. The minimum absolute atomic E-state index is 0.147. The number of rotatable bonds is 8. The van der Waals surface area contributed by atoms with Crippen LogP contribution in [-0.4, -0.2) is 20.4 Å². The van der Waals surface area contributed by atoms with Gasteiger partial charge in [-0.1, -0.05) is 32.9 Å². The van der Waals surface area contributed by atoms with Crippen LogP contribution < -0.4 is 10.0 Å². The quantitative estimate of drug-likeness (QED) is 0.753. The minimum atomic E-state index is -3.78. The van der Waals surface area contributed by atoms with Gasteiger partial charge in [0.1, 0.15) is 11.8 Å². The molecule has 1 atom stereocenters. The molecule has 0 unspecified atom stereocenters. The Balaban J connectivity index is 2.09. The van der Waals surface area contributed by atoms with E-state index in [2.05, 4.69) is 10.0 Å². The minimum Gasteiger partial charge on any atom is -0.467 e. The number of benzene rings is 1. The fraction of sp³-hybridized carbons (Fsp3) is 0.389. The standard InChI is InChI=1S/C18H24N2O4S/c1-4-14-7-9-16(10-8-14)25(22,23)20-17(13(2)3)18(21)19-12-15-6-5-11-24-15/h5-11,13,17,20H,4,12H2,1-3H3,(H,19,21)/t17-/m1/s1. The Hall–Kier alpha value is -2.12. The van der Waals surface area contributed by atoms with E-state index in [1.807, 2.05) is 6.92 Å². The SMILES string of the molecule is CCc1ccc(S(=O)(=O)N[C@@H](C(=O)NCc2ccco2)C(C)C)cc1. The molecule has 2 aromatic rings. The molecule has 1 aromatic heterocycles. The highest BCUT2D eigenvalue weighted by atomic mass is 32.2. The molecule has 2 N–H and O–H groups in total. The van der Waals surface area contributed by atoms with Crippen molar-refractivity contribution < 1.29 is 17.6 Å². The normalized spacial score (nSPS) is 13.0. The van der Waals surface area contributed by atoms with E-state index in [0.717, 1.165) is 12.0 Å². The summed E-state index contributed by atoms with van der Waals surface area (Å²) in [7, 11) is -3.78. The van der Waals surface area contributed by atoms with Crippen LogP contribution in [0.1, 0.15) is 32.1 Å². The van der Waals surface area contributed by atoms with Crippen LogP contribution >= 0.6 is 0 Å². The Kier molecular flexibility index (Phi) is 6.39. The van der Waals surface area contributed by atoms with Gasteiger partial charge in [-0.15, -0.1) is 0 Å². The molecule has 0 aliphatic carbocycles. The molecular weight excluding hydrogens is 340 g/mol. The van der Waals surface area contributed by atoms with E-state index in [1.54, 1.807) is 50.2 Å². The molecule has 1 heterocycles. The second-order valence-corrected chi connectivity index (χ2v) is 7.85. The van der Waals surface area contributed by atoms with Gasteiger partial charge < -0.3 is 9.73 Å². The third-order valence-electron chi connectivity index (χ3n) is 3.89. The molecule has 0 bridgehead atoms. The fourth-order valence-corrected chi connectivity index (χ4v) is 3.67. The van der Waals surface area contributed by atoms with Crippen LogP contribution in [-0.2, 0) is 27.8 Å². The summed E-state index contributed by atoms with van der Waals surface area (Å²) in [6, 6.07) is 9.25. The lowest BCUT2D eigenvalue weighted by molar-refractivity contribution is -0.123. The predicted octanol–water partition coefficient (Wildman–Crippen LogP) is 2.46. The molecule has 0 spiro atoms. The Labute approximate surface area is 148 Å². The Bertz CT molecular complexity index is 781. The lowest BCUT2D eigenvalue weighted by atomic mass is 10.1. The van der Waals surface area contributed by atoms with Crippen LogP contribution in [0, 0.1) is 5.92 Å². The second kappa shape index (κ2) is 8.31. The van der Waals surface area contributed by atoms with Crippen LogP contribution in [0.2, 0.25) is 0 Å². The first-order chi connectivity index (χ1) is 11.8. The summed E-state index contributed by atoms with van der Waals surface area (Å²) in [5.41, 5.74) is 1.05. The van der Waals surface area contributed by atoms with Crippen molar-refractivity contribution in [1.29, 1.82) is 0 Å². The fourth-order valence-electron chi connectivity index (χ4n) is 2.33. The lowest BCUT2D eigenvalue weighted by Gasteiger charge is -2.21. The molecule has 25 heavy (non-hydrogen) atoms. The van der Waals surface area contributed by atoms with E-state index in [0.29, 0.717) is 5.76 Å². The number of aryl methyl sites for hydroxylation is 1. The molecule has 136 valence electrons. The Morgan fingerprint density at radius 3 is 2.36 bits per heavy atom. The van der Waals surface area contributed by atoms with Crippen molar-refractivity contribution in [1.82, 2.24) is 10.0 Å². The van der Waals surface area contributed by atoms with Crippen LogP contribution in [0.25, 0.3) is 0 Å². The van der Waals surface area contributed by atoms with Gasteiger partial charge in [-0.2, -0.15) is 4.72 Å². The predicted molar refractivity (Wildman–Crippen MR) is 95.3 cm³/mol. The molecule has 2 rings (SSSR count). The maximum atomic E-state index is 12.6. The van der Waals surface area contributed by atoms with Crippen LogP contribution in [0.3, 0.4) is 0 Å². The van der Waals surface area contributed by atoms with E-state index in [1.165, 1.54) is 6.26 Å². The molecule has 0 fully saturated rings. The van der Waals surface area contributed by atoms with Gasteiger partial charge in [0.25, 0.3) is 0 Å². The van der Waals surface area contributed by atoms with Gasteiger partial charge in [0.05, 0.1) is 17.7 Å². The van der Waals surface area contributed by atoms with Crippen molar-refractivity contribution >= 4 is 15.9 Å². The molecule has 0 aliphatic rings. The van der Waals surface area contributed by atoms with Crippen molar-refractivity contribution in [2.24, 2.45) is 5.92 Å². The van der Waals surface area contributed by atoms with Crippen molar-refractivity contribution in [3.05, 3.63) is 54.0 Å². The second-order valence-electron chi connectivity index (χ2n) is 6.14. The Morgan fingerprint density at radius 2 is 1.84 bits per heavy atom. The summed E-state index contributed by atoms with van der Waals surface area (Å²) in [5.74, 6) is 0.00955. The van der Waals surface area contributed by atoms with E-state index in [9.17, 15) is 13.2 Å². The average molecular weight is 364 g/mol. The van der Waals surface area contributed by atoms with Gasteiger partial charge >= 0.3 is 0 Å². The van der Waals surface area contributed by atoms with Crippen molar-refractivity contribution in [3.63, 3.8) is 0 Å². The zero-order valence-electron chi connectivity index (χ0n) is 14.7. The first kappa shape index (κ1) is 19.2. The van der Waals surface area contributed by atoms with Gasteiger partial charge in [-0.05, 0) is 42.2 Å². The highest BCUT2D eigenvalue weighted by Crippen LogP contribution is 2.14. The van der Waals surface area contributed by atoms with E-state index in [4.69, 9.17) is 4.42 Å². The molecule has 0 radical (unpaired) electrons. The van der Waals surface area contributed by atoms with E-state index in [-0.39, 0.29) is 23.3 Å². The molecule has 0 aliphatic heterocycles. The summed E-state index contributed by atoms with van der Waals surface area (Å²) in [4.78, 5) is 12.6. The number of amides is 1. The number of nitrogens with one attached hydrogen (secondary N) is 2. The molecular formula is C18H24N2O4S.